The number of hydrogen-bond acceptors (Lipinski definition) is 6. The van der Waals surface area contributed by atoms with Gasteiger partial charge in [-0.3, -0.25) is 9.59 Å². The van der Waals surface area contributed by atoms with Crippen LogP contribution in [0.15, 0.2) is 51.1 Å². The highest BCUT2D eigenvalue weighted by Gasteiger charge is 2.20. The predicted molar refractivity (Wildman–Crippen MR) is 116 cm³/mol. The third-order valence-corrected chi connectivity index (χ3v) is 6.33. The van der Waals surface area contributed by atoms with Gasteiger partial charge in [0.15, 0.2) is 10.7 Å². The largest absolute Gasteiger partial charge is 0.494 e. The molecule has 4 aromatic rings. The molecule has 0 spiro atoms. The summed E-state index contributed by atoms with van der Waals surface area (Å²) in [5.41, 5.74) is 7.31. The van der Waals surface area contributed by atoms with Crippen LogP contribution >= 0.6 is 0 Å². The summed E-state index contributed by atoms with van der Waals surface area (Å²) in [6, 6.07) is 10.6. The SMILES string of the molecule is Cc1ccc(S(=O)c2n[nH]n3c2nc(=O)c2ccc(OCCCC(N)=O)cc23)c(C)c1. The van der Waals surface area contributed by atoms with Crippen LogP contribution in [-0.2, 0) is 15.6 Å². The Morgan fingerprint density at radius 3 is 2.77 bits per heavy atom. The van der Waals surface area contributed by atoms with Gasteiger partial charge in [-0.2, -0.15) is 4.98 Å². The Balaban J connectivity index is 1.75. The lowest BCUT2D eigenvalue weighted by Crippen LogP contribution is -2.12. The Labute approximate surface area is 179 Å². The minimum atomic E-state index is -1.62. The molecule has 2 aromatic heterocycles. The number of hydrogen-bond donors (Lipinski definition) is 2. The molecule has 0 fully saturated rings. The number of rotatable bonds is 7. The highest BCUT2D eigenvalue weighted by Crippen LogP contribution is 2.24. The Bertz CT molecular complexity index is 1390. The zero-order valence-corrected chi connectivity index (χ0v) is 17.9. The van der Waals surface area contributed by atoms with Crippen molar-refractivity contribution in [1.29, 1.82) is 0 Å². The smallest absolute Gasteiger partial charge is 0.281 e. The van der Waals surface area contributed by atoms with Gasteiger partial charge in [-0.05, 0) is 44.0 Å². The van der Waals surface area contributed by atoms with Crippen molar-refractivity contribution in [3.8, 4) is 5.75 Å². The average Bonchev–Trinajstić information content (AvgIpc) is 3.14. The predicted octanol–water partition coefficient (Wildman–Crippen LogP) is 2.00. The maximum absolute atomic E-state index is 13.2. The quantitative estimate of drug-likeness (QED) is 0.423. The molecule has 1 amide bonds. The van der Waals surface area contributed by atoms with Gasteiger partial charge in [-0.25, -0.2) is 13.9 Å². The van der Waals surface area contributed by atoms with Crippen molar-refractivity contribution in [3.05, 3.63) is 57.9 Å². The second-order valence-electron chi connectivity index (χ2n) is 7.23. The summed E-state index contributed by atoms with van der Waals surface area (Å²) in [6.07, 6.45) is 0.720. The van der Waals surface area contributed by atoms with E-state index in [0.29, 0.717) is 34.6 Å². The monoisotopic (exact) mass is 439 g/mol. The zero-order valence-electron chi connectivity index (χ0n) is 17.0. The van der Waals surface area contributed by atoms with Crippen LogP contribution < -0.4 is 16.0 Å². The number of carbonyl (C=O) groups excluding carboxylic acids is 1. The number of carbonyl (C=O) groups is 1. The Morgan fingerprint density at radius 1 is 1.23 bits per heavy atom. The molecule has 0 bridgehead atoms. The number of primary amides is 1. The van der Waals surface area contributed by atoms with E-state index >= 15 is 0 Å². The second kappa shape index (κ2) is 8.31. The molecule has 10 heteroatoms. The number of aromatic amines is 1. The molecule has 2 heterocycles. The van der Waals surface area contributed by atoms with E-state index in [1.54, 1.807) is 24.3 Å². The van der Waals surface area contributed by atoms with Crippen LogP contribution in [0.25, 0.3) is 16.6 Å². The number of nitrogens with two attached hydrogens (primary N) is 1. The number of nitrogens with one attached hydrogen (secondary N) is 1. The summed E-state index contributed by atoms with van der Waals surface area (Å²) in [5, 5.41) is 7.55. The molecule has 9 nitrogen and oxygen atoms in total. The number of aryl methyl sites for hydroxylation is 2. The summed E-state index contributed by atoms with van der Waals surface area (Å²) >= 11 is 0. The molecule has 4 rings (SSSR count). The van der Waals surface area contributed by atoms with Crippen LogP contribution in [0, 0.1) is 13.8 Å². The maximum Gasteiger partial charge on any atom is 0.281 e. The fourth-order valence-electron chi connectivity index (χ4n) is 3.35. The maximum atomic E-state index is 13.2. The van der Waals surface area contributed by atoms with Gasteiger partial charge in [0, 0.05) is 17.4 Å². The summed E-state index contributed by atoms with van der Waals surface area (Å²) in [7, 11) is -1.62. The van der Waals surface area contributed by atoms with Crippen molar-refractivity contribution in [2.24, 2.45) is 5.73 Å². The number of benzene rings is 2. The van der Waals surface area contributed by atoms with E-state index in [1.807, 2.05) is 26.0 Å². The van der Waals surface area contributed by atoms with E-state index in [-0.39, 0.29) is 23.0 Å². The van der Waals surface area contributed by atoms with E-state index < -0.39 is 16.4 Å². The number of ether oxygens (including phenoxy) is 1. The van der Waals surface area contributed by atoms with Gasteiger partial charge in [0.2, 0.25) is 5.91 Å². The number of nitrogens with zero attached hydrogens (tertiary/aromatic N) is 3. The fraction of sp³-hybridized carbons (Fsp3) is 0.238. The topological polar surface area (TPSA) is 132 Å². The van der Waals surface area contributed by atoms with Crippen molar-refractivity contribution >= 4 is 33.3 Å². The van der Waals surface area contributed by atoms with Gasteiger partial charge in [-0.15, -0.1) is 5.10 Å². The van der Waals surface area contributed by atoms with Gasteiger partial charge in [0.05, 0.1) is 17.5 Å². The molecule has 2 aromatic carbocycles. The van der Waals surface area contributed by atoms with Gasteiger partial charge in [0.1, 0.15) is 16.5 Å². The normalized spacial score (nSPS) is 12.3. The molecule has 1 unspecified atom stereocenters. The van der Waals surface area contributed by atoms with E-state index in [9.17, 15) is 13.8 Å². The van der Waals surface area contributed by atoms with Crippen LogP contribution in [0.4, 0.5) is 0 Å². The summed E-state index contributed by atoms with van der Waals surface area (Å²) in [6.45, 7) is 4.15. The van der Waals surface area contributed by atoms with Crippen LogP contribution in [0.5, 0.6) is 5.75 Å². The average molecular weight is 439 g/mol. The number of H-pyrrole nitrogens is 1. The Hall–Kier alpha value is -3.53. The molecule has 0 aliphatic carbocycles. The van der Waals surface area contributed by atoms with Gasteiger partial charge >= 0.3 is 0 Å². The Kier molecular flexibility index (Phi) is 5.55. The standard InChI is InChI=1S/C21H21N5O4S/c1-12-5-8-17(13(2)10-12)31(29)21-19-23-20(28)15-7-6-14(30-9-3-4-18(22)27)11-16(15)26(19)25-24-21/h5-8,10-11,25H,3-4,9H2,1-2H3,(H2,22,27). The van der Waals surface area contributed by atoms with E-state index in [1.165, 1.54) is 4.52 Å². The van der Waals surface area contributed by atoms with Crippen LogP contribution in [-0.4, -0.2) is 36.5 Å². The lowest BCUT2D eigenvalue weighted by molar-refractivity contribution is -0.118. The summed E-state index contributed by atoms with van der Waals surface area (Å²) in [4.78, 5) is 28.2. The van der Waals surface area contributed by atoms with Crippen molar-refractivity contribution < 1.29 is 13.7 Å². The van der Waals surface area contributed by atoms with Crippen LogP contribution in [0.1, 0.15) is 24.0 Å². The third-order valence-electron chi connectivity index (χ3n) is 4.84. The Morgan fingerprint density at radius 2 is 2.03 bits per heavy atom. The lowest BCUT2D eigenvalue weighted by atomic mass is 10.2. The van der Waals surface area contributed by atoms with Gasteiger partial charge in [-0.1, -0.05) is 17.7 Å². The minimum absolute atomic E-state index is 0.179. The third kappa shape index (κ3) is 4.06. The molecular weight excluding hydrogens is 418 g/mol. The molecular formula is C21H21N5O4S. The summed E-state index contributed by atoms with van der Waals surface area (Å²) in [5.74, 6) is 0.131. The van der Waals surface area contributed by atoms with Gasteiger partial charge < -0.3 is 10.5 Å². The molecule has 0 saturated carbocycles. The van der Waals surface area contributed by atoms with Gasteiger partial charge in [0.25, 0.3) is 5.56 Å². The van der Waals surface area contributed by atoms with Crippen molar-refractivity contribution in [2.75, 3.05) is 6.61 Å². The summed E-state index contributed by atoms with van der Waals surface area (Å²) < 4.78 is 20.4. The van der Waals surface area contributed by atoms with Crippen LogP contribution in [0.3, 0.4) is 0 Å². The number of aromatic nitrogens is 4. The lowest BCUT2D eigenvalue weighted by Gasteiger charge is -2.07. The van der Waals surface area contributed by atoms with Crippen molar-refractivity contribution in [3.63, 3.8) is 0 Å². The minimum Gasteiger partial charge on any atom is -0.494 e. The van der Waals surface area contributed by atoms with E-state index in [0.717, 1.165) is 11.1 Å². The highest BCUT2D eigenvalue weighted by molar-refractivity contribution is 7.85. The first-order valence-electron chi connectivity index (χ1n) is 9.66. The van der Waals surface area contributed by atoms with Crippen molar-refractivity contribution in [1.82, 2.24) is 19.8 Å². The molecule has 1 atom stereocenters. The molecule has 0 aliphatic heterocycles. The van der Waals surface area contributed by atoms with Crippen LogP contribution in [0.2, 0.25) is 0 Å². The van der Waals surface area contributed by atoms with Crippen molar-refractivity contribution in [2.45, 2.75) is 36.6 Å². The molecule has 0 aliphatic rings. The van der Waals surface area contributed by atoms with E-state index in [2.05, 4.69) is 15.3 Å². The molecule has 3 N–H and O–H groups in total. The first-order valence-corrected chi connectivity index (χ1v) is 10.8. The molecule has 0 saturated heterocycles. The number of amides is 1. The molecule has 0 radical (unpaired) electrons. The highest BCUT2D eigenvalue weighted by atomic mass is 32.2. The molecule has 160 valence electrons. The molecule has 31 heavy (non-hydrogen) atoms. The van der Waals surface area contributed by atoms with E-state index in [4.69, 9.17) is 10.5 Å². The first kappa shape index (κ1) is 20.7. The fourth-order valence-corrected chi connectivity index (χ4v) is 4.53. The second-order valence-corrected chi connectivity index (χ2v) is 8.59. The zero-order chi connectivity index (χ0) is 22.1. The first-order chi connectivity index (χ1) is 14.8. The number of fused-ring (bicyclic) bond motifs is 3.